The average molecular weight is 689 g/mol. The molecule has 0 aliphatic heterocycles. The minimum Gasteiger partial charge on any atom is -0.396 e. The lowest BCUT2D eigenvalue weighted by Crippen LogP contribution is -2.18. The van der Waals surface area contributed by atoms with Crippen molar-refractivity contribution in [1.82, 2.24) is 0 Å². The lowest BCUT2D eigenvalue weighted by molar-refractivity contribution is -0.126. The van der Waals surface area contributed by atoms with E-state index in [1.54, 1.807) is 49.8 Å². The third kappa shape index (κ3) is 79.1. The van der Waals surface area contributed by atoms with E-state index in [1.165, 1.54) is 6.92 Å². The first-order valence-corrected chi connectivity index (χ1v) is 13.3. The number of ketones is 1. The van der Waals surface area contributed by atoms with Crippen LogP contribution >= 0.6 is 0 Å². The van der Waals surface area contributed by atoms with Crippen LogP contribution < -0.4 is 0 Å². The Morgan fingerprint density at radius 1 is 0.500 bits per heavy atom. The van der Waals surface area contributed by atoms with Gasteiger partial charge in [0.25, 0.3) is 0 Å². The van der Waals surface area contributed by atoms with Gasteiger partial charge >= 0.3 is 0 Å². The molecular formula is C36H96O10. The van der Waals surface area contributed by atoms with E-state index >= 15 is 0 Å². The van der Waals surface area contributed by atoms with Crippen LogP contribution in [0.2, 0.25) is 0 Å². The van der Waals surface area contributed by atoms with Crippen LogP contribution in [0.5, 0.6) is 0 Å². The fourth-order valence-corrected chi connectivity index (χ4v) is 2.48. The number of methoxy groups -OCH3 is 7. The Hall–Kier alpha value is -0.690. The molecule has 0 aromatic carbocycles. The molecule has 4 unspecified atom stereocenters. The van der Waals surface area contributed by atoms with Crippen molar-refractivity contribution < 1.29 is 48.2 Å². The van der Waals surface area contributed by atoms with Crippen molar-refractivity contribution >= 4 is 5.78 Å². The van der Waals surface area contributed by atoms with E-state index < -0.39 is 0 Å². The molecule has 0 fully saturated rings. The summed E-state index contributed by atoms with van der Waals surface area (Å²) in [5, 5.41) is 16.8. The largest absolute Gasteiger partial charge is 0.396 e. The standard InChI is InChI=1S/2C6H14O2.C6H12O2.2C5H12O2.8CH4/c1-6(4-7-2)5-8-3;1-4-6(8-3)5-7-2;1-4-6(8-3)5(2)7;1-5(3-6)4-7-2;1-3-5(4-6)7-2;;;;;;;;/h2*6H,4-5H2,1-3H3;6H,4H2,1-3H3;2*5-6H,3-4H2,1-2H3;8*1H4. The highest BCUT2D eigenvalue weighted by atomic mass is 16.5. The molecule has 0 saturated carbocycles. The van der Waals surface area contributed by atoms with Gasteiger partial charge in [-0.2, -0.15) is 0 Å². The predicted octanol–water partition coefficient (Wildman–Crippen LogP) is 8.73. The van der Waals surface area contributed by atoms with Crippen LogP contribution in [0.25, 0.3) is 0 Å². The minimum atomic E-state index is -0.185. The number of ether oxygens (including phenoxy) is 7. The normalized spacial score (nSPS) is 10.9. The topological polar surface area (TPSA) is 122 Å². The van der Waals surface area contributed by atoms with Gasteiger partial charge in [-0.25, -0.2) is 0 Å². The van der Waals surface area contributed by atoms with Crippen LogP contribution in [0, 0.1) is 11.8 Å². The van der Waals surface area contributed by atoms with Crippen molar-refractivity contribution in [2.75, 3.05) is 89.4 Å². The summed E-state index contributed by atoms with van der Waals surface area (Å²) in [6.45, 7) is 14.8. The molecule has 4 atom stereocenters. The highest BCUT2D eigenvalue weighted by Crippen LogP contribution is 1.96. The molecule has 0 heterocycles. The zero-order chi connectivity index (χ0) is 30.8. The van der Waals surface area contributed by atoms with Crippen LogP contribution in [-0.4, -0.2) is 124 Å². The Balaban J connectivity index is -0.0000000258. The first kappa shape index (κ1) is 85.2. The van der Waals surface area contributed by atoms with Gasteiger partial charge in [-0.3, -0.25) is 4.79 Å². The molecular weight excluding hydrogens is 592 g/mol. The van der Waals surface area contributed by atoms with Crippen molar-refractivity contribution in [3.63, 3.8) is 0 Å². The van der Waals surface area contributed by atoms with Gasteiger partial charge < -0.3 is 43.4 Å². The maximum atomic E-state index is 10.5. The third-order valence-corrected chi connectivity index (χ3v) is 4.91. The maximum Gasteiger partial charge on any atom is 0.158 e. The van der Waals surface area contributed by atoms with E-state index in [-0.39, 0.29) is 103 Å². The van der Waals surface area contributed by atoms with Gasteiger partial charge in [-0.1, -0.05) is 94.0 Å². The summed E-state index contributed by atoms with van der Waals surface area (Å²) in [7, 11) is 11.6. The number of hydrogen-bond donors (Lipinski definition) is 2. The number of Topliss-reactive ketones (excluding diaryl/α,β-unsaturated/α-hetero) is 1. The quantitative estimate of drug-likeness (QED) is 0.153. The van der Waals surface area contributed by atoms with E-state index in [4.69, 9.17) is 43.4 Å². The summed E-state index contributed by atoms with van der Waals surface area (Å²) in [6, 6.07) is 0. The molecule has 0 saturated heterocycles. The summed E-state index contributed by atoms with van der Waals surface area (Å²) in [4.78, 5) is 10.5. The zero-order valence-corrected chi connectivity index (χ0v) is 26.9. The van der Waals surface area contributed by atoms with Gasteiger partial charge in [0.1, 0.15) is 6.10 Å². The number of aliphatic hydroxyl groups is 2. The molecule has 0 rings (SSSR count). The van der Waals surface area contributed by atoms with E-state index in [9.17, 15) is 4.79 Å². The first-order valence-electron chi connectivity index (χ1n) is 13.3. The second-order valence-corrected chi connectivity index (χ2v) is 8.67. The Bertz CT molecular complexity index is 393. The molecule has 46 heavy (non-hydrogen) atoms. The number of carbonyl (C=O) groups excluding carboxylic acids is 1. The van der Waals surface area contributed by atoms with E-state index in [0.717, 1.165) is 32.5 Å². The summed E-state index contributed by atoms with van der Waals surface area (Å²) < 4.78 is 34.0. The number of aliphatic hydroxyl groups excluding tert-OH is 2. The molecule has 0 amide bonds. The smallest absolute Gasteiger partial charge is 0.158 e. The summed E-state index contributed by atoms with van der Waals surface area (Å²) in [6.07, 6.45) is 2.80. The van der Waals surface area contributed by atoms with E-state index in [1.807, 2.05) is 20.8 Å². The summed E-state index contributed by atoms with van der Waals surface area (Å²) in [5.41, 5.74) is 0. The Labute approximate surface area is 293 Å². The van der Waals surface area contributed by atoms with Gasteiger partial charge in [0.2, 0.25) is 0 Å². The molecule has 0 bridgehead atoms. The first-order chi connectivity index (χ1) is 18.0. The average Bonchev–Trinajstić information content (AvgIpc) is 2.90. The van der Waals surface area contributed by atoms with Crippen LogP contribution in [0.3, 0.4) is 0 Å². The fraction of sp³-hybridized carbons (Fsp3) is 0.972. The molecule has 2 N–H and O–H groups in total. The van der Waals surface area contributed by atoms with Crippen molar-refractivity contribution in [3.8, 4) is 0 Å². The lowest BCUT2D eigenvalue weighted by atomic mass is 10.2. The molecule has 0 aliphatic carbocycles. The van der Waals surface area contributed by atoms with Gasteiger partial charge in [-0.05, 0) is 26.2 Å². The van der Waals surface area contributed by atoms with Crippen LogP contribution in [0.1, 0.15) is 120 Å². The Morgan fingerprint density at radius 3 is 0.913 bits per heavy atom. The monoisotopic (exact) mass is 689 g/mol. The van der Waals surface area contributed by atoms with Crippen molar-refractivity contribution in [1.29, 1.82) is 0 Å². The van der Waals surface area contributed by atoms with Gasteiger partial charge in [0.15, 0.2) is 5.78 Å². The highest BCUT2D eigenvalue weighted by molar-refractivity contribution is 5.80. The van der Waals surface area contributed by atoms with Crippen LogP contribution in [-0.2, 0) is 38.0 Å². The second-order valence-electron chi connectivity index (χ2n) is 8.67. The minimum absolute atomic E-state index is 0. The van der Waals surface area contributed by atoms with E-state index in [0.29, 0.717) is 19.1 Å². The van der Waals surface area contributed by atoms with Crippen LogP contribution in [0.15, 0.2) is 0 Å². The number of carbonyl (C=O) groups is 1. The van der Waals surface area contributed by atoms with Crippen molar-refractivity contribution in [2.45, 2.75) is 139 Å². The van der Waals surface area contributed by atoms with E-state index in [2.05, 4.69) is 13.8 Å². The molecule has 10 nitrogen and oxygen atoms in total. The maximum absolute atomic E-state index is 10.5. The third-order valence-electron chi connectivity index (χ3n) is 4.91. The molecule has 0 aromatic rings. The predicted molar refractivity (Wildman–Crippen MR) is 208 cm³/mol. The zero-order valence-electron chi connectivity index (χ0n) is 26.9. The van der Waals surface area contributed by atoms with Gasteiger partial charge in [0.05, 0.1) is 45.2 Å². The molecule has 300 valence electrons. The molecule has 0 spiro atoms. The summed E-state index contributed by atoms with van der Waals surface area (Å²) >= 11 is 0. The Morgan fingerprint density at radius 2 is 0.826 bits per heavy atom. The second kappa shape index (κ2) is 74.9. The summed E-state index contributed by atoms with van der Waals surface area (Å²) in [5.74, 6) is 0.907. The molecule has 0 aliphatic rings. The molecule has 0 radical (unpaired) electrons. The molecule has 10 heteroatoms. The number of hydrogen-bond acceptors (Lipinski definition) is 10. The number of rotatable bonds is 17. The van der Waals surface area contributed by atoms with Crippen molar-refractivity contribution in [3.05, 3.63) is 0 Å². The van der Waals surface area contributed by atoms with Crippen LogP contribution in [0.4, 0.5) is 0 Å². The van der Waals surface area contributed by atoms with Crippen molar-refractivity contribution in [2.24, 2.45) is 11.8 Å². The fourth-order valence-electron chi connectivity index (χ4n) is 2.48. The SMILES string of the molecule is C.C.C.C.C.C.C.C.CCC(CO)OC.CCC(COC)OC.CCC(OC)C(C)=O.COCC(C)CO.COCC(C)COC. The lowest BCUT2D eigenvalue weighted by Gasteiger charge is -2.09. The molecule has 0 aromatic heterocycles. The van der Waals surface area contributed by atoms with Gasteiger partial charge in [0, 0.05) is 68.2 Å². The van der Waals surface area contributed by atoms with Gasteiger partial charge in [-0.15, -0.1) is 0 Å². The highest BCUT2D eigenvalue weighted by Gasteiger charge is 2.07. The Kier molecular flexibility index (Phi) is 139.